The first-order valence-electron chi connectivity index (χ1n) is 8.23. The molecule has 5 nitrogen and oxygen atoms in total. The number of likely N-dealkylation sites (tertiary alicyclic amines) is 1. The molecular weight excluding hydrogens is 343 g/mol. The van der Waals surface area contributed by atoms with Crippen molar-refractivity contribution >= 4 is 23.5 Å². The van der Waals surface area contributed by atoms with Crippen LogP contribution in [0.3, 0.4) is 0 Å². The molecule has 1 saturated heterocycles. The van der Waals surface area contributed by atoms with Crippen LogP contribution < -0.4 is 11.1 Å². The van der Waals surface area contributed by atoms with E-state index in [-0.39, 0.29) is 0 Å². The number of piperidine rings is 1. The van der Waals surface area contributed by atoms with Gasteiger partial charge in [0.2, 0.25) is 11.7 Å². The second kappa shape index (κ2) is 10.9. The van der Waals surface area contributed by atoms with E-state index in [9.17, 15) is 22.8 Å². The number of nitrogens with zero attached hydrogens (tertiary/aromatic N) is 1. The summed E-state index contributed by atoms with van der Waals surface area (Å²) in [7, 11) is 0. The fourth-order valence-corrected chi connectivity index (χ4v) is 3.43. The number of alkyl halides is 3. The Labute approximate surface area is 144 Å². The Morgan fingerprint density at radius 1 is 1.21 bits per heavy atom. The van der Waals surface area contributed by atoms with E-state index in [0.29, 0.717) is 25.1 Å². The van der Waals surface area contributed by atoms with Crippen molar-refractivity contribution in [1.29, 1.82) is 0 Å². The zero-order chi connectivity index (χ0) is 18.0. The van der Waals surface area contributed by atoms with Gasteiger partial charge >= 0.3 is 6.18 Å². The van der Waals surface area contributed by atoms with Gasteiger partial charge in [-0.2, -0.15) is 24.9 Å². The Morgan fingerprint density at radius 2 is 1.88 bits per heavy atom. The van der Waals surface area contributed by atoms with Crippen molar-refractivity contribution in [2.45, 2.75) is 44.3 Å². The van der Waals surface area contributed by atoms with E-state index in [1.807, 2.05) is 0 Å². The topological polar surface area (TPSA) is 75.4 Å². The fraction of sp³-hybridized carbons (Fsp3) is 0.867. The van der Waals surface area contributed by atoms with Crippen LogP contribution in [0.15, 0.2) is 0 Å². The number of carbonyl (C=O) groups is 2. The van der Waals surface area contributed by atoms with Crippen LogP contribution in [0.5, 0.6) is 0 Å². The maximum absolute atomic E-state index is 12.0. The fourth-order valence-electron chi connectivity index (χ4n) is 2.56. The van der Waals surface area contributed by atoms with Crippen molar-refractivity contribution in [1.82, 2.24) is 10.2 Å². The summed E-state index contributed by atoms with van der Waals surface area (Å²) in [4.78, 5) is 24.5. The van der Waals surface area contributed by atoms with Gasteiger partial charge in [0, 0.05) is 13.1 Å². The standard InChI is InChI=1S/C15H26F3N3O2S/c16-15(17,18)13(22)11-24-10-4-5-12(14(19)23)20-6-9-21-7-2-1-3-8-21/h12,20H,1-11H2,(H2,19,23)/t12-/m0/s1. The van der Waals surface area contributed by atoms with Gasteiger partial charge in [0.1, 0.15) is 0 Å². The summed E-state index contributed by atoms with van der Waals surface area (Å²) in [6.07, 6.45) is -0.107. The number of nitrogens with one attached hydrogen (secondary N) is 1. The second-order valence-corrected chi connectivity index (χ2v) is 7.03. The molecule has 1 aliphatic rings. The van der Waals surface area contributed by atoms with Crippen LogP contribution >= 0.6 is 11.8 Å². The molecule has 3 N–H and O–H groups in total. The van der Waals surface area contributed by atoms with Gasteiger partial charge in [-0.15, -0.1) is 0 Å². The van der Waals surface area contributed by atoms with Crippen LogP contribution in [0.2, 0.25) is 0 Å². The van der Waals surface area contributed by atoms with Crippen LogP contribution in [0.4, 0.5) is 13.2 Å². The van der Waals surface area contributed by atoms with Crippen molar-refractivity contribution in [3.05, 3.63) is 0 Å². The molecule has 1 atom stereocenters. The Kier molecular flexibility index (Phi) is 9.68. The molecule has 1 rings (SSSR count). The van der Waals surface area contributed by atoms with E-state index >= 15 is 0 Å². The Morgan fingerprint density at radius 3 is 2.46 bits per heavy atom. The molecule has 0 spiro atoms. The van der Waals surface area contributed by atoms with E-state index < -0.39 is 29.7 Å². The highest BCUT2D eigenvalue weighted by Gasteiger charge is 2.37. The summed E-state index contributed by atoms with van der Waals surface area (Å²) >= 11 is 0.931. The summed E-state index contributed by atoms with van der Waals surface area (Å²) in [5, 5.41) is 3.12. The van der Waals surface area contributed by atoms with Gasteiger partial charge in [0.15, 0.2) is 0 Å². The lowest BCUT2D eigenvalue weighted by molar-refractivity contribution is -0.167. The van der Waals surface area contributed by atoms with Crippen molar-refractivity contribution in [3.63, 3.8) is 0 Å². The smallest absolute Gasteiger partial charge is 0.368 e. The maximum atomic E-state index is 12.0. The van der Waals surface area contributed by atoms with Gasteiger partial charge < -0.3 is 16.0 Å². The third-order valence-electron chi connectivity index (χ3n) is 3.94. The maximum Gasteiger partial charge on any atom is 0.450 e. The molecule has 1 amide bonds. The summed E-state index contributed by atoms with van der Waals surface area (Å²) < 4.78 is 36.1. The van der Waals surface area contributed by atoms with Crippen LogP contribution in [0.25, 0.3) is 0 Å². The van der Waals surface area contributed by atoms with E-state index in [2.05, 4.69) is 10.2 Å². The monoisotopic (exact) mass is 369 g/mol. The minimum atomic E-state index is -4.77. The summed E-state index contributed by atoms with van der Waals surface area (Å²) in [5.74, 6) is -2.37. The summed E-state index contributed by atoms with van der Waals surface area (Å²) in [6.45, 7) is 3.67. The molecule has 24 heavy (non-hydrogen) atoms. The molecule has 0 radical (unpaired) electrons. The molecular formula is C15H26F3N3O2S. The summed E-state index contributed by atoms with van der Waals surface area (Å²) in [6, 6.07) is -0.478. The highest BCUT2D eigenvalue weighted by atomic mass is 32.2. The number of ketones is 1. The van der Waals surface area contributed by atoms with Crippen molar-refractivity contribution in [2.24, 2.45) is 5.73 Å². The minimum Gasteiger partial charge on any atom is -0.368 e. The van der Waals surface area contributed by atoms with Gasteiger partial charge in [0.05, 0.1) is 11.8 Å². The first-order chi connectivity index (χ1) is 11.3. The average Bonchev–Trinajstić information content (AvgIpc) is 2.52. The van der Waals surface area contributed by atoms with Crippen LogP contribution in [-0.4, -0.2) is 66.5 Å². The normalized spacial score (nSPS) is 17.6. The third kappa shape index (κ3) is 8.89. The number of rotatable bonds is 11. The van der Waals surface area contributed by atoms with E-state index in [0.717, 1.165) is 31.4 Å². The molecule has 0 saturated carbocycles. The average molecular weight is 369 g/mol. The van der Waals surface area contributed by atoms with E-state index in [4.69, 9.17) is 5.73 Å². The molecule has 1 aliphatic heterocycles. The minimum absolute atomic E-state index is 0.388. The molecule has 0 aliphatic carbocycles. The number of hydrogen-bond acceptors (Lipinski definition) is 5. The zero-order valence-electron chi connectivity index (χ0n) is 13.7. The lowest BCUT2D eigenvalue weighted by Gasteiger charge is -2.27. The molecule has 0 unspecified atom stereocenters. The lowest BCUT2D eigenvalue weighted by Crippen LogP contribution is -2.45. The molecule has 1 heterocycles. The number of amides is 1. The molecule has 1 fully saturated rings. The highest BCUT2D eigenvalue weighted by Crippen LogP contribution is 2.19. The number of hydrogen-bond donors (Lipinski definition) is 2. The molecule has 140 valence electrons. The second-order valence-electron chi connectivity index (χ2n) is 5.93. The number of primary amides is 1. The Balaban J connectivity index is 2.14. The zero-order valence-corrected chi connectivity index (χ0v) is 14.6. The van der Waals surface area contributed by atoms with Crippen LogP contribution in [0.1, 0.15) is 32.1 Å². The van der Waals surface area contributed by atoms with Crippen molar-refractivity contribution < 1.29 is 22.8 Å². The van der Waals surface area contributed by atoms with Gasteiger partial charge in [0.25, 0.3) is 0 Å². The number of thioether (sulfide) groups is 1. The number of halogens is 3. The first kappa shape index (κ1) is 21.2. The third-order valence-corrected chi connectivity index (χ3v) is 4.99. The predicted molar refractivity (Wildman–Crippen MR) is 88.9 cm³/mol. The van der Waals surface area contributed by atoms with Crippen molar-refractivity contribution in [2.75, 3.05) is 37.7 Å². The predicted octanol–water partition coefficient (Wildman–Crippen LogP) is 1.56. The van der Waals surface area contributed by atoms with Gasteiger partial charge in [-0.3, -0.25) is 9.59 Å². The van der Waals surface area contributed by atoms with Crippen LogP contribution in [-0.2, 0) is 9.59 Å². The van der Waals surface area contributed by atoms with Gasteiger partial charge in [-0.25, -0.2) is 0 Å². The summed E-state index contributed by atoms with van der Waals surface area (Å²) in [5.41, 5.74) is 5.35. The SMILES string of the molecule is NC(=O)[C@H](CCCSCC(=O)C(F)(F)F)NCCN1CCCCC1. The largest absolute Gasteiger partial charge is 0.450 e. The van der Waals surface area contributed by atoms with Crippen LogP contribution in [0, 0.1) is 0 Å². The lowest BCUT2D eigenvalue weighted by atomic mass is 10.1. The van der Waals surface area contributed by atoms with Gasteiger partial charge in [-0.1, -0.05) is 6.42 Å². The number of Topliss-reactive ketones (excluding diaryl/α,β-unsaturated/α-hetero) is 1. The van der Waals surface area contributed by atoms with E-state index in [1.54, 1.807) is 0 Å². The number of nitrogens with two attached hydrogens (primary N) is 1. The van der Waals surface area contributed by atoms with Crippen molar-refractivity contribution in [3.8, 4) is 0 Å². The quantitative estimate of drug-likeness (QED) is 0.541. The molecule has 0 aromatic rings. The Hall–Kier alpha value is -0.800. The highest BCUT2D eigenvalue weighted by molar-refractivity contribution is 7.99. The number of carbonyl (C=O) groups excluding carboxylic acids is 2. The molecule has 0 bridgehead atoms. The molecule has 0 aromatic carbocycles. The van der Waals surface area contributed by atoms with E-state index in [1.165, 1.54) is 19.3 Å². The van der Waals surface area contributed by atoms with Gasteiger partial charge in [-0.05, 0) is 44.5 Å². The Bertz CT molecular complexity index is 402. The molecule has 9 heteroatoms. The first-order valence-corrected chi connectivity index (χ1v) is 9.39. The molecule has 0 aromatic heterocycles.